The second-order valence-corrected chi connectivity index (χ2v) is 8.42. The molecule has 27 heavy (non-hydrogen) atoms. The van der Waals surface area contributed by atoms with Gasteiger partial charge in [0.05, 0.1) is 5.38 Å². The molecule has 0 heterocycles. The number of amides is 1. The highest BCUT2D eigenvalue weighted by Crippen LogP contribution is 2.25. The molecule has 0 bridgehead atoms. The van der Waals surface area contributed by atoms with Crippen molar-refractivity contribution in [3.63, 3.8) is 0 Å². The lowest BCUT2D eigenvalue weighted by atomic mass is 9.92. The van der Waals surface area contributed by atoms with Crippen LogP contribution >= 0.6 is 11.6 Å². The summed E-state index contributed by atoms with van der Waals surface area (Å²) < 4.78 is 24.0. The Labute approximate surface area is 165 Å². The number of alkyl halides is 1. The molecule has 0 aliphatic rings. The number of nitrogens with one attached hydrogen (secondary N) is 1. The van der Waals surface area contributed by atoms with Gasteiger partial charge in [-0.25, -0.2) is 14.0 Å². The van der Waals surface area contributed by atoms with Crippen molar-refractivity contribution in [1.29, 1.82) is 0 Å². The molecule has 1 unspecified atom stereocenters. The van der Waals surface area contributed by atoms with Crippen molar-refractivity contribution in [2.45, 2.75) is 77.5 Å². The van der Waals surface area contributed by atoms with Crippen LogP contribution < -0.4 is 5.32 Å². The molecule has 1 rings (SSSR count). The van der Waals surface area contributed by atoms with Gasteiger partial charge < -0.3 is 14.8 Å². The molecule has 0 radical (unpaired) electrons. The highest BCUT2D eigenvalue weighted by atomic mass is 35.5. The molecule has 0 spiro atoms. The quantitative estimate of drug-likeness (QED) is 0.554. The Balaban J connectivity index is 2.81. The van der Waals surface area contributed by atoms with E-state index >= 15 is 0 Å². The number of alkyl carbamates (subject to hydrolysis) is 1. The van der Waals surface area contributed by atoms with E-state index in [9.17, 15) is 14.0 Å². The van der Waals surface area contributed by atoms with Crippen LogP contribution in [0.5, 0.6) is 0 Å². The minimum atomic E-state index is -1.05. The second kappa shape index (κ2) is 9.40. The van der Waals surface area contributed by atoms with E-state index in [1.165, 1.54) is 12.1 Å². The van der Waals surface area contributed by atoms with Crippen LogP contribution in [0.15, 0.2) is 18.2 Å². The highest BCUT2D eigenvalue weighted by Gasteiger charge is 2.31. The number of carbonyl (C=O) groups excluding carboxylic acids is 2. The molecule has 1 aromatic carbocycles. The number of ether oxygens (including phenoxy) is 2. The Hall–Kier alpha value is -1.82. The zero-order valence-electron chi connectivity index (χ0n) is 16.9. The van der Waals surface area contributed by atoms with Crippen LogP contribution in [-0.2, 0) is 14.3 Å². The van der Waals surface area contributed by atoms with E-state index < -0.39 is 35.2 Å². The van der Waals surface area contributed by atoms with Crippen molar-refractivity contribution in [2.24, 2.45) is 0 Å². The van der Waals surface area contributed by atoms with Gasteiger partial charge in [-0.05, 0) is 64.8 Å². The Bertz CT molecular complexity index is 672. The lowest BCUT2D eigenvalue weighted by Gasteiger charge is -2.27. The lowest BCUT2D eigenvalue weighted by Crippen LogP contribution is -2.49. The van der Waals surface area contributed by atoms with Crippen molar-refractivity contribution in [2.75, 3.05) is 0 Å². The van der Waals surface area contributed by atoms with Gasteiger partial charge in [0, 0.05) is 5.92 Å². The third-order valence-corrected chi connectivity index (χ3v) is 4.37. The first kappa shape index (κ1) is 23.2. The summed E-state index contributed by atoms with van der Waals surface area (Å²) in [6.07, 6.45) is -1.24. The van der Waals surface area contributed by atoms with E-state index in [1.54, 1.807) is 47.6 Å². The van der Waals surface area contributed by atoms with E-state index in [-0.39, 0.29) is 11.7 Å². The number of hydrogen-bond donors (Lipinski definition) is 1. The number of halogens is 2. The Kier molecular flexibility index (Phi) is 8.08. The smallest absolute Gasteiger partial charge is 0.408 e. The van der Waals surface area contributed by atoms with Crippen LogP contribution in [0.1, 0.15) is 58.6 Å². The Morgan fingerprint density at radius 3 is 2.26 bits per heavy atom. The molecule has 7 heteroatoms. The zero-order valence-corrected chi connectivity index (χ0v) is 17.7. The summed E-state index contributed by atoms with van der Waals surface area (Å²) in [4.78, 5) is 24.5. The average molecular weight is 402 g/mol. The van der Waals surface area contributed by atoms with E-state index in [2.05, 4.69) is 5.32 Å². The molecule has 0 saturated heterocycles. The number of rotatable bonds is 6. The summed E-state index contributed by atoms with van der Waals surface area (Å²) in [5.74, 6) is -1.13. The summed E-state index contributed by atoms with van der Waals surface area (Å²) >= 11 is 6.06. The van der Waals surface area contributed by atoms with Crippen LogP contribution in [0.3, 0.4) is 0 Å². The maximum atomic E-state index is 13.3. The molecule has 0 fully saturated rings. The van der Waals surface area contributed by atoms with Crippen molar-refractivity contribution >= 4 is 23.7 Å². The third kappa shape index (κ3) is 7.37. The summed E-state index contributed by atoms with van der Waals surface area (Å²) in [5, 5.41) is 1.76. The van der Waals surface area contributed by atoms with Gasteiger partial charge in [0.2, 0.25) is 0 Å². The molecule has 1 amide bonds. The fraction of sp³-hybridized carbons (Fsp3) is 0.600. The van der Waals surface area contributed by atoms with Crippen molar-refractivity contribution in [3.8, 4) is 0 Å². The molecule has 1 aromatic rings. The molecular weight excluding hydrogens is 373 g/mol. The first-order chi connectivity index (χ1) is 12.3. The van der Waals surface area contributed by atoms with Gasteiger partial charge in [0.1, 0.15) is 23.6 Å². The zero-order chi connectivity index (χ0) is 20.9. The molecule has 0 aliphatic heterocycles. The van der Waals surface area contributed by atoms with E-state index in [1.807, 2.05) is 6.92 Å². The largest absolute Gasteiger partial charge is 0.460 e. The number of aryl methyl sites for hydroxylation is 1. The van der Waals surface area contributed by atoms with Gasteiger partial charge in [0.25, 0.3) is 0 Å². The van der Waals surface area contributed by atoms with E-state index in [0.717, 1.165) is 11.1 Å². The number of esters is 1. The number of hydrogen-bond acceptors (Lipinski definition) is 4. The van der Waals surface area contributed by atoms with Gasteiger partial charge in [-0.2, -0.15) is 0 Å². The van der Waals surface area contributed by atoms with Gasteiger partial charge in [-0.3, -0.25) is 0 Å². The molecule has 0 aliphatic carbocycles. The minimum absolute atomic E-state index is 0.164. The van der Waals surface area contributed by atoms with Crippen molar-refractivity contribution in [3.05, 3.63) is 35.1 Å². The van der Waals surface area contributed by atoms with Crippen LogP contribution in [0.4, 0.5) is 9.18 Å². The predicted octanol–water partition coefficient (Wildman–Crippen LogP) is 4.69. The molecule has 0 saturated carbocycles. The monoisotopic (exact) mass is 401 g/mol. The minimum Gasteiger partial charge on any atom is -0.460 e. The van der Waals surface area contributed by atoms with Crippen LogP contribution in [0, 0.1) is 12.7 Å². The summed E-state index contributed by atoms with van der Waals surface area (Å²) in [6, 6.07) is 3.44. The summed E-state index contributed by atoms with van der Waals surface area (Å²) in [5.41, 5.74) is 0.961. The molecule has 1 N–H and O–H groups in total. The Morgan fingerprint density at radius 2 is 1.78 bits per heavy atom. The molecule has 0 aromatic heterocycles. The molecule has 152 valence electrons. The first-order valence-corrected chi connectivity index (χ1v) is 9.35. The average Bonchev–Trinajstić information content (AvgIpc) is 2.49. The fourth-order valence-electron chi connectivity index (χ4n) is 2.56. The number of carbonyl (C=O) groups is 2. The lowest BCUT2D eigenvalue weighted by molar-refractivity contribution is -0.151. The van der Waals surface area contributed by atoms with Crippen LogP contribution in [-0.4, -0.2) is 35.2 Å². The second-order valence-electron chi connectivity index (χ2n) is 7.73. The van der Waals surface area contributed by atoms with Gasteiger partial charge in [-0.15, -0.1) is 11.6 Å². The van der Waals surface area contributed by atoms with Crippen molar-refractivity contribution < 1.29 is 23.5 Å². The fourth-order valence-corrected chi connectivity index (χ4v) is 2.72. The predicted molar refractivity (Wildman–Crippen MR) is 104 cm³/mol. The van der Waals surface area contributed by atoms with Gasteiger partial charge in [-0.1, -0.05) is 13.0 Å². The topological polar surface area (TPSA) is 64.6 Å². The normalized spacial score (nSPS) is 16.0. The number of benzene rings is 1. The summed E-state index contributed by atoms with van der Waals surface area (Å²) in [6.45, 7) is 12.2. The van der Waals surface area contributed by atoms with Crippen molar-refractivity contribution in [1.82, 2.24) is 5.32 Å². The molecular formula is C20H29ClFNO4. The SMILES string of the molecule is Cc1cc(F)ccc1[C@@H](C)[C@H](C)OC(=O)[C@@H](NC(=O)OC(C)(C)C)C(C)Cl. The Morgan fingerprint density at radius 1 is 1.19 bits per heavy atom. The molecule has 5 nitrogen and oxygen atoms in total. The third-order valence-electron chi connectivity index (χ3n) is 4.11. The highest BCUT2D eigenvalue weighted by molar-refractivity contribution is 6.22. The molecule has 4 atom stereocenters. The summed E-state index contributed by atoms with van der Waals surface area (Å²) in [7, 11) is 0. The first-order valence-electron chi connectivity index (χ1n) is 8.92. The van der Waals surface area contributed by atoms with Crippen LogP contribution in [0.25, 0.3) is 0 Å². The van der Waals surface area contributed by atoms with Gasteiger partial charge in [0.15, 0.2) is 0 Å². The van der Waals surface area contributed by atoms with E-state index in [0.29, 0.717) is 0 Å². The van der Waals surface area contributed by atoms with Crippen LogP contribution in [0.2, 0.25) is 0 Å². The maximum Gasteiger partial charge on any atom is 0.408 e. The standard InChI is InChI=1S/C20H29ClFNO4/c1-11-10-15(22)8-9-16(11)12(2)14(4)26-18(24)17(13(3)21)23-19(25)27-20(5,6)7/h8-10,12-14,17H,1-7H3,(H,23,25)/t12-,13?,14-,17-/m0/s1. The maximum absolute atomic E-state index is 13.3. The van der Waals surface area contributed by atoms with Gasteiger partial charge >= 0.3 is 12.1 Å². The van der Waals surface area contributed by atoms with E-state index in [4.69, 9.17) is 21.1 Å².